The molecule has 98 valence electrons. The Morgan fingerprint density at radius 3 is 2.53 bits per heavy atom. The van der Waals surface area contributed by atoms with Crippen molar-refractivity contribution in [3.05, 3.63) is 0 Å². The molecular formula is C14H25NO2. The molecule has 2 heterocycles. The normalized spacial score (nSPS) is 36.2. The Labute approximate surface area is 104 Å². The number of nitrogens with one attached hydrogen (secondary N) is 1. The van der Waals surface area contributed by atoms with Gasteiger partial charge in [-0.05, 0) is 51.9 Å². The fraction of sp³-hybridized carbons (Fsp3) is 0.929. The van der Waals surface area contributed by atoms with Gasteiger partial charge in [-0.2, -0.15) is 0 Å². The Morgan fingerprint density at radius 1 is 1.35 bits per heavy atom. The van der Waals surface area contributed by atoms with Gasteiger partial charge < -0.3 is 10.1 Å². The number of esters is 1. The van der Waals surface area contributed by atoms with Gasteiger partial charge in [0.05, 0.1) is 0 Å². The maximum absolute atomic E-state index is 11.7. The molecule has 0 aromatic carbocycles. The lowest BCUT2D eigenvalue weighted by atomic mass is 9.65. The molecule has 1 aliphatic carbocycles. The lowest BCUT2D eigenvalue weighted by Gasteiger charge is -2.51. The van der Waals surface area contributed by atoms with Gasteiger partial charge in [0.1, 0.15) is 5.60 Å². The maximum atomic E-state index is 11.7. The van der Waals surface area contributed by atoms with E-state index in [9.17, 15) is 4.79 Å². The summed E-state index contributed by atoms with van der Waals surface area (Å²) in [5.41, 5.74) is -0.356. The van der Waals surface area contributed by atoms with Gasteiger partial charge in [0.25, 0.3) is 0 Å². The molecular weight excluding hydrogens is 214 g/mol. The van der Waals surface area contributed by atoms with Gasteiger partial charge in [-0.3, -0.25) is 4.79 Å². The molecule has 2 saturated heterocycles. The van der Waals surface area contributed by atoms with Gasteiger partial charge in [-0.1, -0.05) is 6.92 Å². The van der Waals surface area contributed by atoms with Crippen molar-refractivity contribution in [2.75, 3.05) is 0 Å². The first-order valence-electron chi connectivity index (χ1n) is 6.83. The van der Waals surface area contributed by atoms with E-state index in [1.807, 2.05) is 20.8 Å². The second-order valence-electron chi connectivity index (χ2n) is 6.69. The van der Waals surface area contributed by atoms with E-state index in [1.54, 1.807) is 0 Å². The Kier molecular flexibility index (Phi) is 3.48. The number of carbonyl (C=O) groups is 1. The van der Waals surface area contributed by atoms with E-state index in [2.05, 4.69) is 12.2 Å². The van der Waals surface area contributed by atoms with E-state index in [1.165, 1.54) is 12.8 Å². The van der Waals surface area contributed by atoms with Gasteiger partial charge >= 0.3 is 5.97 Å². The molecule has 2 bridgehead atoms. The highest BCUT2D eigenvalue weighted by Crippen LogP contribution is 2.41. The number of piperidine rings is 2. The molecule has 0 aromatic heterocycles. The molecule has 3 nitrogen and oxygen atoms in total. The van der Waals surface area contributed by atoms with Crippen LogP contribution in [-0.4, -0.2) is 23.7 Å². The van der Waals surface area contributed by atoms with Gasteiger partial charge in [0.2, 0.25) is 0 Å². The molecule has 2 atom stereocenters. The predicted octanol–water partition coefficient (Wildman–Crippen LogP) is 2.49. The summed E-state index contributed by atoms with van der Waals surface area (Å²) in [5.74, 6) is 1.54. The second-order valence-corrected chi connectivity index (χ2v) is 6.69. The topological polar surface area (TPSA) is 38.3 Å². The van der Waals surface area contributed by atoms with Crippen molar-refractivity contribution in [1.82, 2.24) is 5.32 Å². The molecule has 0 radical (unpaired) electrons. The van der Waals surface area contributed by atoms with Crippen LogP contribution in [0.5, 0.6) is 0 Å². The number of hydrogen-bond donors (Lipinski definition) is 1. The van der Waals surface area contributed by atoms with Crippen molar-refractivity contribution in [3.63, 3.8) is 0 Å². The summed E-state index contributed by atoms with van der Waals surface area (Å²) >= 11 is 0. The molecule has 3 heteroatoms. The van der Waals surface area contributed by atoms with Gasteiger partial charge in [0.15, 0.2) is 0 Å². The average molecular weight is 239 g/mol. The highest BCUT2D eigenvalue weighted by atomic mass is 16.6. The fourth-order valence-corrected chi connectivity index (χ4v) is 3.02. The molecule has 3 rings (SSSR count). The summed E-state index contributed by atoms with van der Waals surface area (Å²) in [4.78, 5) is 11.7. The fourth-order valence-electron chi connectivity index (χ4n) is 3.02. The van der Waals surface area contributed by atoms with Gasteiger partial charge in [0, 0.05) is 18.5 Å². The zero-order valence-electron chi connectivity index (χ0n) is 11.5. The van der Waals surface area contributed by atoms with Crippen LogP contribution in [-0.2, 0) is 9.53 Å². The van der Waals surface area contributed by atoms with Crippen LogP contribution < -0.4 is 5.32 Å². The molecule has 0 amide bonds. The predicted molar refractivity (Wildman–Crippen MR) is 67.7 cm³/mol. The number of ether oxygens (including phenoxy) is 1. The Morgan fingerprint density at radius 2 is 2.00 bits per heavy atom. The van der Waals surface area contributed by atoms with Crippen LogP contribution in [0.25, 0.3) is 0 Å². The Bertz CT molecular complexity index is 289. The van der Waals surface area contributed by atoms with Crippen molar-refractivity contribution in [1.29, 1.82) is 0 Å². The van der Waals surface area contributed by atoms with Crippen molar-refractivity contribution >= 4 is 5.97 Å². The number of fused-ring (bicyclic) bond motifs is 2. The lowest BCUT2D eigenvalue weighted by molar-refractivity contribution is -0.155. The highest BCUT2D eigenvalue weighted by Gasteiger charge is 2.42. The molecule has 1 N–H and O–H groups in total. The van der Waals surface area contributed by atoms with Crippen LogP contribution in [0.1, 0.15) is 53.4 Å². The van der Waals surface area contributed by atoms with Gasteiger partial charge in [-0.25, -0.2) is 0 Å². The summed E-state index contributed by atoms with van der Waals surface area (Å²) in [6.07, 6.45) is 4.13. The van der Waals surface area contributed by atoms with E-state index in [0.29, 0.717) is 18.4 Å². The van der Waals surface area contributed by atoms with Crippen molar-refractivity contribution in [3.8, 4) is 0 Å². The summed E-state index contributed by atoms with van der Waals surface area (Å²) in [6, 6.07) is 1.24. The number of carbonyl (C=O) groups excluding carboxylic acids is 1. The summed E-state index contributed by atoms with van der Waals surface area (Å²) in [7, 11) is 0. The molecule has 3 fully saturated rings. The molecule has 0 aromatic rings. The summed E-state index contributed by atoms with van der Waals surface area (Å²) < 4.78 is 5.34. The van der Waals surface area contributed by atoms with E-state index in [0.717, 1.165) is 18.4 Å². The maximum Gasteiger partial charge on any atom is 0.306 e. The van der Waals surface area contributed by atoms with Crippen LogP contribution in [0.15, 0.2) is 0 Å². The van der Waals surface area contributed by atoms with E-state index >= 15 is 0 Å². The first kappa shape index (κ1) is 12.9. The van der Waals surface area contributed by atoms with Crippen LogP contribution in [0.2, 0.25) is 0 Å². The Balaban J connectivity index is 1.73. The van der Waals surface area contributed by atoms with Crippen molar-refractivity contribution in [2.24, 2.45) is 11.8 Å². The van der Waals surface area contributed by atoms with E-state index < -0.39 is 0 Å². The molecule has 0 unspecified atom stereocenters. The number of hydrogen-bond acceptors (Lipinski definition) is 3. The largest absolute Gasteiger partial charge is 0.460 e. The molecule has 3 aliphatic rings. The minimum absolute atomic E-state index is 0.0641. The van der Waals surface area contributed by atoms with Crippen LogP contribution in [0, 0.1) is 11.8 Å². The lowest BCUT2D eigenvalue weighted by Crippen LogP contribution is -2.58. The zero-order valence-corrected chi connectivity index (χ0v) is 11.5. The first-order valence-corrected chi connectivity index (χ1v) is 6.83. The average Bonchev–Trinajstić information content (AvgIpc) is 2.11. The first-order chi connectivity index (χ1) is 7.85. The minimum Gasteiger partial charge on any atom is -0.460 e. The molecule has 2 aliphatic heterocycles. The van der Waals surface area contributed by atoms with Crippen LogP contribution >= 0.6 is 0 Å². The smallest absolute Gasteiger partial charge is 0.306 e. The zero-order chi connectivity index (χ0) is 12.6. The molecule has 17 heavy (non-hydrogen) atoms. The monoisotopic (exact) mass is 239 g/mol. The van der Waals surface area contributed by atoms with Gasteiger partial charge in [-0.15, -0.1) is 0 Å². The van der Waals surface area contributed by atoms with Crippen LogP contribution in [0.3, 0.4) is 0 Å². The number of rotatable bonds is 3. The third-order valence-corrected chi connectivity index (χ3v) is 4.08. The standard InChI is InChI=1S/C14H25NO2/c1-9-10-7-11(8-10)15-12(9)5-6-13(16)17-14(2,3)4/h9-12,15H,5-8H2,1-4H3/t9-,10?,11?,12+/m0/s1. The van der Waals surface area contributed by atoms with Crippen molar-refractivity contribution in [2.45, 2.75) is 71.1 Å². The second kappa shape index (κ2) is 4.60. The minimum atomic E-state index is -0.356. The summed E-state index contributed by atoms with van der Waals surface area (Å²) in [5, 5.41) is 3.64. The molecule has 1 saturated carbocycles. The quantitative estimate of drug-likeness (QED) is 0.769. The van der Waals surface area contributed by atoms with Crippen molar-refractivity contribution < 1.29 is 9.53 Å². The third-order valence-electron chi connectivity index (χ3n) is 4.08. The third kappa shape index (κ3) is 3.21. The Hall–Kier alpha value is -0.570. The SMILES string of the molecule is C[C@H]1C2CC(C2)N[C@@H]1CCC(=O)OC(C)(C)C. The highest BCUT2D eigenvalue weighted by molar-refractivity contribution is 5.69. The van der Waals surface area contributed by atoms with E-state index in [-0.39, 0.29) is 11.6 Å². The van der Waals surface area contributed by atoms with Crippen LogP contribution in [0.4, 0.5) is 0 Å². The summed E-state index contributed by atoms with van der Waals surface area (Å²) in [6.45, 7) is 8.07. The van der Waals surface area contributed by atoms with E-state index in [4.69, 9.17) is 4.74 Å². The molecule has 0 spiro atoms.